The van der Waals surface area contributed by atoms with Crippen LogP contribution in [0.4, 0.5) is 5.69 Å². The van der Waals surface area contributed by atoms with E-state index in [4.69, 9.17) is 0 Å². The Labute approximate surface area is 119 Å². The standard InChI is InChI=1S/C14H11N5O2/c20-13-8-4-2-6-11(13)16-14(21)10-5-1-3-7-12(10)19-9-15-17-18-19/h1-9,20H,(H,16,21). The van der Waals surface area contributed by atoms with Crippen molar-refractivity contribution in [2.24, 2.45) is 0 Å². The lowest BCUT2D eigenvalue weighted by molar-refractivity contribution is 0.102. The number of hydrogen-bond acceptors (Lipinski definition) is 5. The van der Waals surface area contributed by atoms with Crippen molar-refractivity contribution in [2.75, 3.05) is 5.32 Å². The lowest BCUT2D eigenvalue weighted by Crippen LogP contribution is -2.15. The van der Waals surface area contributed by atoms with Crippen LogP contribution in [0.15, 0.2) is 54.9 Å². The van der Waals surface area contributed by atoms with E-state index in [0.29, 0.717) is 16.9 Å². The highest BCUT2D eigenvalue weighted by molar-refractivity contribution is 6.07. The van der Waals surface area contributed by atoms with E-state index < -0.39 is 0 Å². The Hall–Kier alpha value is -3.22. The monoisotopic (exact) mass is 281 g/mol. The van der Waals surface area contributed by atoms with Crippen LogP contribution in [-0.4, -0.2) is 31.2 Å². The van der Waals surface area contributed by atoms with Crippen LogP contribution in [0.5, 0.6) is 5.75 Å². The highest BCUT2D eigenvalue weighted by atomic mass is 16.3. The van der Waals surface area contributed by atoms with Gasteiger partial charge in [-0.1, -0.05) is 24.3 Å². The van der Waals surface area contributed by atoms with Crippen molar-refractivity contribution in [2.45, 2.75) is 0 Å². The number of para-hydroxylation sites is 3. The van der Waals surface area contributed by atoms with Gasteiger partial charge in [0.25, 0.3) is 5.91 Å². The summed E-state index contributed by atoms with van der Waals surface area (Å²) in [6.45, 7) is 0. The van der Waals surface area contributed by atoms with Gasteiger partial charge in [-0.25, -0.2) is 0 Å². The lowest BCUT2D eigenvalue weighted by atomic mass is 10.1. The first kappa shape index (κ1) is 12.8. The van der Waals surface area contributed by atoms with E-state index in [9.17, 15) is 9.90 Å². The van der Waals surface area contributed by atoms with Gasteiger partial charge < -0.3 is 10.4 Å². The average molecular weight is 281 g/mol. The summed E-state index contributed by atoms with van der Waals surface area (Å²) in [5.74, 6) is -0.353. The number of nitrogens with zero attached hydrogens (tertiary/aromatic N) is 4. The van der Waals surface area contributed by atoms with Gasteiger partial charge in [0.1, 0.15) is 12.1 Å². The molecule has 21 heavy (non-hydrogen) atoms. The highest BCUT2D eigenvalue weighted by Crippen LogP contribution is 2.23. The fourth-order valence-corrected chi connectivity index (χ4v) is 1.91. The van der Waals surface area contributed by atoms with Crippen molar-refractivity contribution in [3.8, 4) is 11.4 Å². The van der Waals surface area contributed by atoms with Gasteiger partial charge in [0.15, 0.2) is 0 Å². The molecule has 0 spiro atoms. The Morgan fingerprint density at radius 2 is 1.86 bits per heavy atom. The summed E-state index contributed by atoms with van der Waals surface area (Å²) in [6.07, 6.45) is 1.41. The smallest absolute Gasteiger partial charge is 0.257 e. The van der Waals surface area contributed by atoms with Gasteiger partial charge in [0.2, 0.25) is 0 Å². The zero-order valence-corrected chi connectivity index (χ0v) is 10.8. The zero-order chi connectivity index (χ0) is 14.7. The fourth-order valence-electron chi connectivity index (χ4n) is 1.91. The van der Waals surface area contributed by atoms with Crippen LogP contribution in [0.3, 0.4) is 0 Å². The van der Waals surface area contributed by atoms with E-state index in [2.05, 4.69) is 20.8 Å². The molecule has 0 aliphatic carbocycles. The number of benzene rings is 2. The Morgan fingerprint density at radius 1 is 1.10 bits per heavy atom. The number of tetrazole rings is 1. The molecule has 0 unspecified atom stereocenters. The SMILES string of the molecule is O=C(Nc1ccccc1O)c1ccccc1-n1cnnn1. The fraction of sp³-hybridized carbons (Fsp3) is 0. The maximum atomic E-state index is 12.4. The molecule has 0 bridgehead atoms. The third-order valence-electron chi connectivity index (χ3n) is 2.90. The van der Waals surface area contributed by atoms with E-state index in [1.165, 1.54) is 17.1 Å². The van der Waals surface area contributed by atoms with Crippen LogP contribution in [-0.2, 0) is 0 Å². The number of nitrogens with one attached hydrogen (secondary N) is 1. The predicted molar refractivity (Wildman–Crippen MR) is 75.2 cm³/mol. The van der Waals surface area contributed by atoms with E-state index in [1.54, 1.807) is 42.5 Å². The van der Waals surface area contributed by atoms with Crippen molar-refractivity contribution >= 4 is 11.6 Å². The van der Waals surface area contributed by atoms with E-state index in [0.717, 1.165) is 0 Å². The van der Waals surface area contributed by atoms with Crippen molar-refractivity contribution < 1.29 is 9.90 Å². The molecule has 3 rings (SSSR count). The molecule has 0 saturated carbocycles. The number of hydrogen-bond donors (Lipinski definition) is 2. The molecule has 2 aromatic carbocycles. The second-order valence-electron chi connectivity index (χ2n) is 4.24. The molecule has 0 atom stereocenters. The largest absolute Gasteiger partial charge is 0.506 e. The summed E-state index contributed by atoms with van der Waals surface area (Å²) in [7, 11) is 0. The normalized spacial score (nSPS) is 10.3. The summed E-state index contributed by atoms with van der Waals surface area (Å²) in [5.41, 5.74) is 1.29. The third kappa shape index (κ3) is 2.57. The van der Waals surface area contributed by atoms with Gasteiger partial charge in [-0.05, 0) is 34.7 Å². The minimum atomic E-state index is -0.359. The molecule has 7 heteroatoms. The van der Waals surface area contributed by atoms with E-state index in [-0.39, 0.29) is 11.7 Å². The number of carbonyl (C=O) groups is 1. The summed E-state index contributed by atoms with van der Waals surface area (Å²) < 4.78 is 1.40. The molecular formula is C14H11N5O2. The van der Waals surface area contributed by atoms with E-state index in [1.807, 2.05) is 0 Å². The van der Waals surface area contributed by atoms with Gasteiger partial charge in [0.05, 0.1) is 16.9 Å². The molecule has 1 heterocycles. The molecular weight excluding hydrogens is 270 g/mol. The molecule has 3 aromatic rings. The summed E-state index contributed by atoms with van der Waals surface area (Å²) in [4.78, 5) is 12.4. The number of rotatable bonds is 3. The van der Waals surface area contributed by atoms with Crippen LogP contribution >= 0.6 is 0 Å². The molecule has 0 aliphatic heterocycles. The number of aromatic nitrogens is 4. The third-order valence-corrected chi connectivity index (χ3v) is 2.90. The lowest BCUT2D eigenvalue weighted by Gasteiger charge is -2.10. The maximum Gasteiger partial charge on any atom is 0.257 e. The van der Waals surface area contributed by atoms with Crippen LogP contribution < -0.4 is 5.32 Å². The molecule has 0 fully saturated rings. The van der Waals surface area contributed by atoms with Crippen LogP contribution in [0.1, 0.15) is 10.4 Å². The van der Waals surface area contributed by atoms with Crippen LogP contribution in [0.2, 0.25) is 0 Å². The van der Waals surface area contributed by atoms with Gasteiger partial charge >= 0.3 is 0 Å². The number of amides is 1. The highest BCUT2D eigenvalue weighted by Gasteiger charge is 2.14. The Kier molecular flexibility index (Phi) is 3.30. The summed E-state index contributed by atoms with van der Waals surface area (Å²) >= 11 is 0. The van der Waals surface area contributed by atoms with Gasteiger partial charge in [-0.3, -0.25) is 4.79 Å². The predicted octanol–water partition coefficient (Wildman–Crippen LogP) is 1.62. The first-order chi connectivity index (χ1) is 10.3. The maximum absolute atomic E-state index is 12.4. The van der Waals surface area contributed by atoms with Crippen LogP contribution in [0, 0.1) is 0 Å². The molecule has 7 nitrogen and oxygen atoms in total. The minimum Gasteiger partial charge on any atom is -0.506 e. The van der Waals surface area contributed by atoms with Gasteiger partial charge in [0, 0.05) is 0 Å². The number of aromatic hydroxyl groups is 1. The molecule has 2 N–H and O–H groups in total. The first-order valence-electron chi connectivity index (χ1n) is 6.17. The van der Waals surface area contributed by atoms with Crippen molar-refractivity contribution in [3.63, 3.8) is 0 Å². The zero-order valence-electron chi connectivity index (χ0n) is 10.8. The Balaban J connectivity index is 1.94. The van der Waals surface area contributed by atoms with Gasteiger partial charge in [-0.15, -0.1) is 5.10 Å². The molecule has 0 aliphatic rings. The van der Waals surface area contributed by atoms with Crippen molar-refractivity contribution in [1.29, 1.82) is 0 Å². The van der Waals surface area contributed by atoms with Crippen molar-refractivity contribution in [1.82, 2.24) is 20.2 Å². The second-order valence-corrected chi connectivity index (χ2v) is 4.24. The number of carbonyl (C=O) groups excluding carboxylic acids is 1. The minimum absolute atomic E-state index is 0.00533. The molecule has 1 aromatic heterocycles. The number of phenolic OH excluding ortho intramolecular Hbond substituents is 1. The Morgan fingerprint density at radius 3 is 2.62 bits per heavy atom. The first-order valence-corrected chi connectivity index (χ1v) is 6.17. The van der Waals surface area contributed by atoms with Crippen molar-refractivity contribution in [3.05, 3.63) is 60.4 Å². The van der Waals surface area contributed by atoms with Gasteiger partial charge in [-0.2, -0.15) is 4.68 Å². The quantitative estimate of drug-likeness (QED) is 0.712. The molecule has 0 radical (unpaired) electrons. The molecule has 0 saturated heterocycles. The van der Waals surface area contributed by atoms with Crippen LogP contribution in [0.25, 0.3) is 5.69 Å². The average Bonchev–Trinajstić information content (AvgIpc) is 3.04. The topological polar surface area (TPSA) is 92.9 Å². The number of anilines is 1. The number of phenols is 1. The second kappa shape index (κ2) is 5.41. The Bertz CT molecular complexity index is 771. The molecule has 104 valence electrons. The molecule has 1 amide bonds. The summed E-state index contributed by atoms with van der Waals surface area (Å²) in [6, 6.07) is 13.4. The summed E-state index contributed by atoms with van der Waals surface area (Å²) in [5, 5.41) is 23.3. The van der Waals surface area contributed by atoms with E-state index >= 15 is 0 Å².